The molecule has 0 fully saturated rings. The third-order valence-corrected chi connectivity index (χ3v) is 5.97. The third-order valence-electron chi connectivity index (χ3n) is 5.97. The predicted molar refractivity (Wildman–Crippen MR) is 135 cm³/mol. The van der Waals surface area contributed by atoms with Crippen LogP contribution in [0.15, 0.2) is 84.9 Å². The van der Waals surface area contributed by atoms with E-state index < -0.39 is 0 Å². The van der Waals surface area contributed by atoms with E-state index >= 15 is 0 Å². The average molecular weight is 438 g/mol. The lowest BCUT2D eigenvalue weighted by atomic mass is 10.0. The van der Waals surface area contributed by atoms with Crippen molar-refractivity contribution in [2.24, 2.45) is 0 Å². The monoisotopic (exact) mass is 437 g/mol. The zero-order chi connectivity index (χ0) is 23.0. The molecule has 3 aromatic carbocycles. The van der Waals surface area contributed by atoms with E-state index in [1.54, 1.807) is 0 Å². The number of benzene rings is 3. The molecule has 1 amide bonds. The Morgan fingerprint density at radius 2 is 1.55 bits per heavy atom. The normalized spacial score (nSPS) is 11.8. The topological polar surface area (TPSA) is 57.8 Å². The molecule has 0 aliphatic rings. The van der Waals surface area contributed by atoms with E-state index in [9.17, 15) is 4.79 Å². The lowest BCUT2D eigenvalue weighted by molar-refractivity contribution is 0.0930. The van der Waals surface area contributed by atoms with Crippen molar-refractivity contribution in [3.63, 3.8) is 0 Å². The third kappa shape index (κ3) is 5.40. The molecule has 0 aliphatic carbocycles. The number of imidazole rings is 1. The summed E-state index contributed by atoms with van der Waals surface area (Å²) in [7, 11) is 0. The number of amides is 1. The van der Waals surface area contributed by atoms with Gasteiger partial charge in [-0.05, 0) is 24.0 Å². The molecule has 1 heterocycles. The van der Waals surface area contributed by atoms with Crippen molar-refractivity contribution in [2.45, 2.75) is 45.6 Å². The summed E-state index contributed by atoms with van der Waals surface area (Å²) in [6.07, 6.45) is 3.99. The van der Waals surface area contributed by atoms with E-state index in [0.717, 1.165) is 42.4 Å². The maximum Gasteiger partial charge on any atom is 0.270 e. The first kappa shape index (κ1) is 22.5. The van der Waals surface area contributed by atoms with Gasteiger partial charge >= 0.3 is 0 Å². The number of nitrogens with one attached hydrogen (secondary N) is 2. The molecule has 0 bridgehead atoms. The van der Waals surface area contributed by atoms with Crippen LogP contribution in [0.4, 0.5) is 0 Å². The maximum atomic E-state index is 13.6. The van der Waals surface area contributed by atoms with E-state index in [-0.39, 0.29) is 11.9 Å². The van der Waals surface area contributed by atoms with Gasteiger partial charge in [0.2, 0.25) is 0 Å². The van der Waals surface area contributed by atoms with Crippen molar-refractivity contribution in [2.75, 3.05) is 0 Å². The van der Waals surface area contributed by atoms with E-state index in [1.807, 2.05) is 60.7 Å². The number of carbonyl (C=O) groups excluding carboxylic acids is 1. The van der Waals surface area contributed by atoms with Crippen LogP contribution in [0.3, 0.4) is 0 Å². The van der Waals surface area contributed by atoms with Crippen LogP contribution < -0.4 is 5.32 Å². The van der Waals surface area contributed by atoms with Gasteiger partial charge in [0, 0.05) is 11.1 Å². The van der Waals surface area contributed by atoms with Gasteiger partial charge in [0.1, 0.15) is 17.2 Å². The zero-order valence-corrected chi connectivity index (χ0v) is 19.3. The summed E-state index contributed by atoms with van der Waals surface area (Å²) < 4.78 is 0. The molecule has 168 valence electrons. The fraction of sp³-hybridized carbons (Fsp3) is 0.241. The number of aryl methyl sites for hydroxylation is 1. The highest BCUT2D eigenvalue weighted by atomic mass is 16.2. The number of carbonyl (C=O) groups is 1. The van der Waals surface area contributed by atoms with E-state index in [4.69, 9.17) is 4.98 Å². The fourth-order valence-electron chi connectivity index (χ4n) is 4.02. The second-order valence-electron chi connectivity index (χ2n) is 8.30. The summed E-state index contributed by atoms with van der Waals surface area (Å²) >= 11 is 0. The molecule has 4 nitrogen and oxygen atoms in total. The molecule has 1 aromatic heterocycles. The van der Waals surface area contributed by atoms with E-state index in [0.29, 0.717) is 17.2 Å². The maximum absolute atomic E-state index is 13.6. The van der Waals surface area contributed by atoms with Crippen LogP contribution in [0.25, 0.3) is 22.6 Å². The minimum atomic E-state index is -0.135. The van der Waals surface area contributed by atoms with E-state index in [2.05, 4.69) is 48.4 Å². The van der Waals surface area contributed by atoms with Crippen LogP contribution in [0, 0.1) is 0 Å². The quantitative estimate of drug-likeness (QED) is 0.297. The molecule has 0 spiro atoms. The summed E-state index contributed by atoms with van der Waals surface area (Å²) in [5, 5.41) is 3.27. The summed E-state index contributed by atoms with van der Waals surface area (Å²) in [6, 6.07) is 28.4. The summed E-state index contributed by atoms with van der Waals surface area (Å²) in [6.45, 7) is 4.30. The summed E-state index contributed by atoms with van der Waals surface area (Å²) in [5.74, 6) is 0.560. The molecule has 0 aliphatic heterocycles. The van der Waals surface area contributed by atoms with Gasteiger partial charge in [-0.15, -0.1) is 0 Å². The minimum Gasteiger partial charge on any atom is -0.344 e. The number of hydrogen-bond acceptors (Lipinski definition) is 2. The molecular weight excluding hydrogens is 406 g/mol. The van der Waals surface area contributed by atoms with Gasteiger partial charge in [-0.1, -0.05) is 112 Å². The second-order valence-corrected chi connectivity index (χ2v) is 8.30. The van der Waals surface area contributed by atoms with Crippen LogP contribution in [0.1, 0.15) is 60.8 Å². The van der Waals surface area contributed by atoms with Crippen LogP contribution in [-0.2, 0) is 6.42 Å². The number of aromatic nitrogens is 2. The SMILES string of the molecule is CCCCC(NC(=O)c1[nH]c(-c2ccccc2)nc1-c1ccc(CC)cc1)c1ccccc1. The van der Waals surface area contributed by atoms with Crippen LogP contribution in [0.2, 0.25) is 0 Å². The molecule has 4 rings (SSSR count). The molecule has 33 heavy (non-hydrogen) atoms. The average Bonchev–Trinajstić information content (AvgIpc) is 3.33. The smallest absolute Gasteiger partial charge is 0.270 e. The van der Waals surface area contributed by atoms with Crippen molar-refractivity contribution < 1.29 is 4.79 Å². The number of H-pyrrole nitrogens is 1. The predicted octanol–water partition coefficient (Wildman–Crippen LogP) is 6.97. The highest BCUT2D eigenvalue weighted by Gasteiger charge is 2.22. The molecule has 0 saturated carbocycles. The minimum absolute atomic E-state index is 0.0440. The Morgan fingerprint density at radius 1 is 0.879 bits per heavy atom. The molecular formula is C29H31N3O. The lowest BCUT2D eigenvalue weighted by Crippen LogP contribution is -2.29. The summed E-state index contributed by atoms with van der Waals surface area (Å²) in [5.41, 5.74) is 5.43. The fourth-order valence-corrected chi connectivity index (χ4v) is 4.02. The largest absolute Gasteiger partial charge is 0.344 e. The zero-order valence-electron chi connectivity index (χ0n) is 19.3. The highest BCUT2D eigenvalue weighted by molar-refractivity contribution is 5.99. The van der Waals surface area contributed by atoms with Gasteiger partial charge < -0.3 is 10.3 Å². The Hall–Kier alpha value is -3.66. The van der Waals surface area contributed by atoms with Gasteiger partial charge in [0.05, 0.1) is 6.04 Å². The first-order valence-corrected chi connectivity index (χ1v) is 11.8. The van der Waals surface area contributed by atoms with Crippen molar-refractivity contribution in [3.8, 4) is 22.6 Å². The molecule has 0 radical (unpaired) electrons. The Kier molecular flexibility index (Phi) is 7.36. The Bertz CT molecular complexity index is 1160. The molecule has 2 N–H and O–H groups in total. The van der Waals surface area contributed by atoms with E-state index in [1.165, 1.54) is 5.56 Å². The Morgan fingerprint density at radius 3 is 2.18 bits per heavy atom. The Balaban J connectivity index is 1.70. The molecule has 1 atom stereocenters. The standard InChI is InChI=1S/C29H31N3O/c1-3-5-16-25(22-12-8-6-9-13-22)30-29(33)27-26(23-19-17-21(4-2)18-20-23)31-28(32-27)24-14-10-7-11-15-24/h6-15,17-20,25H,3-5,16H2,1-2H3,(H,30,33)(H,31,32). The van der Waals surface area contributed by atoms with Gasteiger partial charge in [-0.3, -0.25) is 4.79 Å². The van der Waals surface area contributed by atoms with Crippen molar-refractivity contribution in [1.82, 2.24) is 15.3 Å². The highest BCUT2D eigenvalue weighted by Crippen LogP contribution is 2.28. The number of aromatic amines is 1. The van der Waals surface area contributed by atoms with Crippen molar-refractivity contribution in [1.29, 1.82) is 0 Å². The van der Waals surface area contributed by atoms with Crippen molar-refractivity contribution >= 4 is 5.91 Å². The van der Waals surface area contributed by atoms with Crippen LogP contribution in [-0.4, -0.2) is 15.9 Å². The van der Waals surface area contributed by atoms with Crippen LogP contribution >= 0.6 is 0 Å². The van der Waals surface area contributed by atoms with Gasteiger partial charge in [-0.25, -0.2) is 4.98 Å². The number of rotatable bonds is 9. The molecule has 1 unspecified atom stereocenters. The molecule has 0 saturated heterocycles. The number of hydrogen-bond donors (Lipinski definition) is 2. The number of nitrogens with zero attached hydrogens (tertiary/aromatic N) is 1. The Labute approximate surface area is 196 Å². The lowest BCUT2D eigenvalue weighted by Gasteiger charge is -2.19. The van der Waals surface area contributed by atoms with Gasteiger partial charge in [0.25, 0.3) is 5.91 Å². The first-order chi connectivity index (χ1) is 16.2. The number of unbranched alkanes of at least 4 members (excludes halogenated alkanes) is 1. The second kappa shape index (κ2) is 10.8. The van der Waals surface area contributed by atoms with Gasteiger partial charge in [0.15, 0.2) is 0 Å². The van der Waals surface area contributed by atoms with Crippen LogP contribution in [0.5, 0.6) is 0 Å². The molecule has 4 aromatic rings. The summed E-state index contributed by atoms with van der Waals surface area (Å²) in [4.78, 5) is 21.7. The van der Waals surface area contributed by atoms with Gasteiger partial charge in [-0.2, -0.15) is 0 Å². The molecule has 4 heteroatoms. The van der Waals surface area contributed by atoms with Crippen molar-refractivity contribution in [3.05, 3.63) is 102 Å². The first-order valence-electron chi connectivity index (χ1n) is 11.8.